The zero-order chi connectivity index (χ0) is 11.8. The first-order valence-electron chi connectivity index (χ1n) is 5.22. The number of ether oxygens (including phenoxy) is 1. The summed E-state index contributed by atoms with van der Waals surface area (Å²) < 4.78 is 5.19. The number of hydrogen-bond donors (Lipinski definition) is 1. The normalized spacial score (nSPS) is 9.88. The lowest BCUT2D eigenvalue weighted by molar-refractivity contribution is -0.121. The van der Waals surface area contributed by atoms with Crippen LogP contribution < -0.4 is 10.1 Å². The number of methoxy groups -OCH3 is 1. The minimum atomic E-state index is 0.0200. The highest BCUT2D eigenvalue weighted by Gasteiger charge is 2.04. The Bertz CT molecular complexity index is 342. The highest BCUT2D eigenvalue weighted by atomic mass is 35.5. The van der Waals surface area contributed by atoms with Crippen LogP contribution in [0.1, 0.15) is 18.4 Å². The average Bonchev–Trinajstić information content (AvgIpc) is 2.34. The summed E-state index contributed by atoms with van der Waals surface area (Å²) >= 11 is 5.51. The Labute approximate surface area is 101 Å². The van der Waals surface area contributed by atoms with Crippen molar-refractivity contribution in [2.45, 2.75) is 19.4 Å². The number of hydrogen-bond acceptors (Lipinski definition) is 2. The Balaban J connectivity index is 2.44. The van der Waals surface area contributed by atoms with Crippen LogP contribution in [0.3, 0.4) is 0 Å². The molecule has 0 aliphatic rings. The Morgan fingerprint density at radius 3 is 2.88 bits per heavy atom. The van der Waals surface area contributed by atoms with Crippen molar-refractivity contribution >= 4 is 17.5 Å². The summed E-state index contributed by atoms with van der Waals surface area (Å²) in [5.74, 6) is 1.33. The van der Waals surface area contributed by atoms with Crippen LogP contribution in [-0.4, -0.2) is 18.9 Å². The predicted molar refractivity (Wildman–Crippen MR) is 64.8 cm³/mol. The van der Waals surface area contributed by atoms with Crippen LogP contribution in [0.5, 0.6) is 5.75 Å². The summed E-state index contributed by atoms with van der Waals surface area (Å²) in [6, 6.07) is 7.63. The molecule has 1 aromatic carbocycles. The Kier molecular flexibility index (Phi) is 5.72. The largest absolute Gasteiger partial charge is 0.496 e. The summed E-state index contributed by atoms with van der Waals surface area (Å²) in [5, 5.41) is 2.83. The van der Waals surface area contributed by atoms with Crippen LogP contribution in [-0.2, 0) is 11.3 Å². The SMILES string of the molecule is COc1ccccc1CNC(=O)CCCCl. The molecular formula is C12H16ClNO2. The van der Waals surface area contributed by atoms with E-state index < -0.39 is 0 Å². The van der Waals surface area contributed by atoms with Crippen LogP contribution in [0.15, 0.2) is 24.3 Å². The van der Waals surface area contributed by atoms with Crippen molar-refractivity contribution in [1.82, 2.24) is 5.32 Å². The van der Waals surface area contributed by atoms with Crippen molar-refractivity contribution in [3.05, 3.63) is 29.8 Å². The molecule has 0 saturated heterocycles. The van der Waals surface area contributed by atoms with Crippen molar-refractivity contribution in [2.75, 3.05) is 13.0 Å². The molecule has 1 rings (SSSR count). The Hall–Kier alpha value is -1.22. The molecule has 0 bridgehead atoms. The number of rotatable bonds is 6. The molecule has 88 valence electrons. The second-order valence-electron chi connectivity index (χ2n) is 3.38. The van der Waals surface area contributed by atoms with Crippen LogP contribution in [0.2, 0.25) is 0 Å². The van der Waals surface area contributed by atoms with E-state index in [1.807, 2.05) is 24.3 Å². The molecular weight excluding hydrogens is 226 g/mol. The van der Waals surface area contributed by atoms with Gasteiger partial charge in [0.05, 0.1) is 7.11 Å². The Morgan fingerprint density at radius 1 is 1.44 bits per heavy atom. The van der Waals surface area contributed by atoms with E-state index in [-0.39, 0.29) is 5.91 Å². The van der Waals surface area contributed by atoms with E-state index >= 15 is 0 Å². The lowest BCUT2D eigenvalue weighted by Gasteiger charge is -2.09. The molecule has 1 aromatic rings. The Morgan fingerprint density at radius 2 is 2.19 bits per heavy atom. The molecule has 3 nitrogen and oxygen atoms in total. The monoisotopic (exact) mass is 241 g/mol. The van der Waals surface area contributed by atoms with E-state index in [0.717, 1.165) is 11.3 Å². The van der Waals surface area contributed by atoms with Crippen LogP contribution in [0.4, 0.5) is 0 Å². The number of nitrogens with one attached hydrogen (secondary N) is 1. The summed E-state index contributed by atoms with van der Waals surface area (Å²) in [7, 11) is 1.62. The quantitative estimate of drug-likeness (QED) is 0.777. The standard InChI is InChI=1S/C12H16ClNO2/c1-16-11-6-3-2-5-10(11)9-14-12(15)7-4-8-13/h2-3,5-6H,4,7-9H2,1H3,(H,14,15). The molecule has 0 unspecified atom stereocenters. The summed E-state index contributed by atoms with van der Waals surface area (Å²) in [4.78, 5) is 11.4. The van der Waals surface area contributed by atoms with Crippen molar-refractivity contribution in [2.24, 2.45) is 0 Å². The van der Waals surface area contributed by atoms with Crippen LogP contribution >= 0.6 is 11.6 Å². The molecule has 0 atom stereocenters. The minimum absolute atomic E-state index is 0.0200. The van der Waals surface area contributed by atoms with Gasteiger partial charge in [-0.15, -0.1) is 11.6 Å². The molecule has 0 heterocycles. The number of benzene rings is 1. The van der Waals surface area contributed by atoms with Gasteiger partial charge in [-0.2, -0.15) is 0 Å². The zero-order valence-electron chi connectivity index (χ0n) is 9.33. The minimum Gasteiger partial charge on any atom is -0.496 e. The van der Waals surface area contributed by atoms with Gasteiger partial charge < -0.3 is 10.1 Å². The van der Waals surface area contributed by atoms with Crippen molar-refractivity contribution in [3.8, 4) is 5.75 Å². The van der Waals surface area contributed by atoms with E-state index in [1.165, 1.54) is 0 Å². The highest BCUT2D eigenvalue weighted by molar-refractivity contribution is 6.17. The van der Waals surface area contributed by atoms with Gasteiger partial charge >= 0.3 is 0 Å². The fourth-order valence-corrected chi connectivity index (χ4v) is 1.49. The van der Waals surface area contributed by atoms with Crippen molar-refractivity contribution in [1.29, 1.82) is 0 Å². The van der Waals surface area contributed by atoms with Gasteiger partial charge in [-0.05, 0) is 12.5 Å². The number of amides is 1. The first-order valence-corrected chi connectivity index (χ1v) is 5.76. The molecule has 0 aliphatic carbocycles. The third kappa shape index (κ3) is 4.11. The molecule has 0 radical (unpaired) electrons. The smallest absolute Gasteiger partial charge is 0.220 e. The highest BCUT2D eigenvalue weighted by Crippen LogP contribution is 2.16. The molecule has 1 N–H and O–H groups in total. The first kappa shape index (κ1) is 12.8. The number of halogens is 1. The van der Waals surface area contributed by atoms with E-state index in [1.54, 1.807) is 7.11 Å². The molecule has 16 heavy (non-hydrogen) atoms. The summed E-state index contributed by atoms with van der Waals surface area (Å²) in [5.41, 5.74) is 0.976. The van der Waals surface area contributed by atoms with Gasteiger partial charge in [0.25, 0.3) is 0 Å². The number of carbonyl (C=O) groups excluding carboxylic acids is 1. The molecule has 0 spiro atoms. The average molecular weight is 242 g/mol. The number of carbonyl (C=O) groups is 1. The number of alkyl halides is 1. The van der Waals surface area contributed by atoms with Crippen molar-refractivity contribution < 1.29 is 9.53 Å². The third-order valence-corrected chi connectivity index (χ3v) is 2.47. The van der Waals surface area contributed by atoms with Gasteiger partial charge in [0.2, 0.25) is 5.91 Å². The van der Waals surface area contributed by atoms with Gasteiger partial charge in [-0.3, -0.25) is 4.79 Å². The van der Waals surface area contributed by atoms with E-state index in [4.69, 9.17) is 16.3 Å². The molecule has 4 heteroatoms. The fourth-order valence-electron chi connectivity index (χ4n) is 1.36. The molecule has 0 fully saturated rings. The lowest BCUT2D eigenvalue weighted by atomic mass is 10.2. The summed E-state index contributed by atoms with van der Waals surface area (Å²) in [6.45, 7) is 0.491. The molecule has 0 aliphatic heterocycles. The predicted octanol–water partition coefficient (Wildman–Crippen LogP) is 2.33. The van der Waals surface area contributed by atoms with E-state index in [0.29, 0.717) is 25.3 Å². The third-order valence-electron chi connectivity index (χ3n) is 2.21. The lowest BCUT2D eigenvalue weighted by Crippen LogP contribution is -2.22. The number of para-hydroxylation sites is 1. The maximum atomic E-state index is 11.4. The van der Waals surface area contributed by atoms with E-state index in [2.05, 4.69) is 5.32 Å². The molecule has 1 amide bonds. The van der Waals surface area contributed by atoms with Gasteiger partial charge in [-0.25, -0.2) is 0 Å². The van der Waals surface area contributed by atoms with Gasteiger partial charge in [-0.1, -0.05) is 18.2 Å². The fraction of sp³-hybridized carbons (Fsp3) is 0.417. The van der Waals surface area contributed by atoms with Gasteiger partial charge in [0.15, 0.2) is 0 Å². The molecule has 0 aromatic heterocycles. The zero-order valence-corrected chi connectivity index (χ0v) is 10.1. The van der Waals surface area contributed by atoms with Crippen LogP contribution in [0.25, 0.3) is 0 Å². The maximum absolute atomic E-state index is 11.4. The second-order valence-corrected chi connectivity index (χ2v) is 3.76. The van der Waals surface area contributed by atoms with Crippen LogP contribution in [0, 0.1) is 0 Å². The van der Waals surface area contributed by atoms with E-state index in [9.17, 15) is 4.79 Å². The first-order chi connectivity index (χ1) is 7.77. The van der Waals surface area contributed by atoms with Crippen molar-refractivity contribution in [3.63, 3.8) is 0 Å². The van der Waals surface area contributed by atoms with Gasteiger partial charge in [0, 0.05) is 24.4 Å². The second kappa shape index (κ2) is 7.12. The molecule has 0 saturated carbocycles. The van der Waals surface area contributed by atoms with Gasteiger partial charge in [0.1, 0.15) is 5.75 Å². The topological polar surface area (TPSA) is 38.3 Å². The summed E-state index contributed by atoms with van der Waals surface area (Å²) in [6.07, 6.45) is 1.18. The maximum Gasteiger partial charge on any atom is 0.220 e.